The molecule has 0 aliphatic carbocycles. The number of aliphatic carboxylic acids is 1. The van der Waals surface area contributed by atoms with Crippen LogP contribution in [0.25, 0.3) is 0 Å². The van der Waals surface area contributed by atoms with E-state index in [0.29, 0.717) is 23.2 Å². The number of benzene rings is 2. The molecular weight excluding hydrogens is 394 g/mol. The lowest BCUT2D eigenvalue weighted by Gasteiger charge is -2.37. The van der Waals surface area contributed by atoms with E-state index in [1.165, 1.54) is 18.6 Å². The van der Waals surface area contributed by atoms with E-state index in [-0.39, 0.29) is 18.1 Å². The number of carbonyl (C=O) groups excluding carboxylic acids is 1. The van der Waals surface area contributed by atoms with Crippen LogP contribution in [-0.2, 0) is 4.79 Å². The molecule has 0 spiro atoms. The third kappa shape index (κ3) is 6.13. The monoisotopic (exact) mass is 425 g/mol. The molecule has 0 bridgehead atoms. The highest BCUT2D eigenvalue weighted by molar-refractivity contribution is 6.02. The number of carbonyl (C=O) groups is 2. The Hall–Kier alpha value is -3.22. The molecule has 2 amide bonds. The number of hydrogen-bond donors (Lipinski definition) is 4. The van der Waals surface area contributed by atoms with Crippen LogP contribution in [-0.4, -0.2) is 35.3 Å². The van der Waals surface area contributed by atoms with Crippen molar-refractivity contribution in [3.05, 3.63) is 48.0 Å². The highest BCUT2D eigenvalue weighted by Crippen LogP contribution is 2.35. The molecule has 7 heteroatoms. The van der Waals surface area contributed by atoms with E-state index < -0.39 is 12.0 Å². The molecule has 7 nitrogen and oxygen atoms in total. The number of piperidine rings is 1. The summed E-state index contributed by atoms with van der Waals surface area (Å²) in [5.74, 6) is 0.198. The van der Waals surface area contributed by atoms with Gasteiger partial charge in [-0.2, -0.15) is 0 Å². The van der Waals surface area contributed by atoms with Gasteiger partial charge in [-0.05, 0) is 66.1 Å². The molecule has 1 aliphatic rings. The first-order valence-electron chi connectivity index (χ1n) is 10.7. The highest BCUT2D eigenvalue weighted by Gasteiger charge is 2.25. The smallest absolute Gasteiger partial charge is 0.323 e. The van der Waals surface area contributed by atoms with Crippen LogP contribution in [0.2, 0.25) is 0 Å². The van der Waals surface area contributed by atoms with Gasteiger partial charge in [0.2, 0.25) is 0 Å². The predicted octanol–water partition coefficient (Wildman–Crippen LogP) is 5.10. The first kappa shape index (κ1) is 22.5. The molecule has 0 saturated carbocycles. The Morgan fingerprint density at radius 1 is 1.06 bits per heavy atom. The van der Waals surface area contributed by atoms with Crippen molar-refractivity contribution in [2.24, 2.45) is 11.8 Å². The first-order valence-corrected chi connectivity index (χ1v) is 10.7. The van der Waals surface area contributed by atoms with E-state index in [0.717, 1.165) is 24.3 Å². The molecule has 1 saturated heterocycles. The molecule has 2 aromatic rings. The number of anilines is 3. The summed E-state index contributed by atoms with van der Waals surface area (Å²) in [5, 5.41) is 24.3. The van der Waals surface area contributed by atoms with Crippen molar-refractivity contribution in [1.82, 2.24) is 0 Å². The number of phenolic OH excluding ortho intramolecular Hbond substituents is 1. The van der Waals surface area contributed by atoms with E-state index in [4.69, 9.17) is 5.11 Å². The van der Waals surface area contributed by atoms with Gasteiger partial charge in [0, 0.05) is 18.8 Å². The minimum Gasteiger partial charge on any atom is -0.508 e. The van der Waals surface area contributed by atoms with Gasteiger partial charge in [0.1, 0.15) is 5.75 Å². The molecule has 3 atom stereocenters. The fourth-order valence-electron chi connectivity index (χ4n) is 4.30. The summed E-state index contributed by atoms with van der Waals surface area (Å²) < 4.78 is 0. The average molecular weight is 426 g/mol. The quantitative estimate of drug-likeness (QED) is 0.483. The standard InChI is InChI=1S/C24H31N3O4/c1-15-10-16(2)14-27(13-15)22-9-4-18(17(3)11-23(29)30)12-21(22)26-24(31)25-19-5-7-20(28)8-6-19/h4-9,12,15-17,28H,10-11,13-14H2,1-3H3,(H,29,30)(H2,25,26,31). The van der Waals surface area contributed by atoms with Crippen LogP contribution in [0.5, 0.6) is 5.75 Å². The second kappa shape index (κ2) is 9.73. The van der Waals surface area contributed by atoms with Crippen LogP contribution in [0.3, 0.4) is 0 Å². The number of amides is 2. The van der Waals surface area contributed by atoms with Crippen molar-refractivity contribution in [2.45, 2.75) is 39.5 Å². The second-order valence-corrected chi connectivity index (χ2v) is 8.75. The number of phenols is 1. The van der Waals surface area contributed by atoms with E-state index >= 15 is 0 Å². The molecule has 1 heterocycles. The number of hydrogen-bond acceptors (Lipinski definition) is 4. The first-order chi connectivity index (χ1) is 14.7. The molecular formula is C24H31N3O4. The molecule has 3 rings (SSSR count). The lowest BCUT2D eigenvalue weighted by molar-refractivity contribution is -0.137. The topological polar surface area (TPSA) is 102 Å². The van der Waals surface area contributed by atoms with Crippen molar-refractivity contribution in [1.29, 1.82) is 0 Å². The summed E-state index contributed by atoms with van der Waals surface area (Å²) in [7, 11) is 0. The zero-order valence-corrected chi connectivity index (χ0v) is 18.3. The van der Waals surface area contributed by atoms with Crippen LogP contribution in [0.1, 0.15) is 45.1 Å². The summed E-state index contributed by atoms with van der Waals surface area (Å²) in [5.41, 5.74) is 3.02. The molecule has 1 fully saturated rings. The van der Waals surface area contributed by atoms with Crippen molar-refractivity contribution in [3.8, 4) is 5.75 Å². The molecule has 31 heavy (non-hydrogen) atoms. The lowest BCUT2D eigenvalue weighted by Crippen LogP contribution is -2.39. The highest BCUT2D eigenvalue weighted by atomic mass is 16.4. The van der Waals surface area contributed by atoms with E-state index in [1.54, 1.807) is 12.1 Å². The zero-order chi connectivity index (χ0) is 22.5. The fraction of sp³-hybridized carbons (Fsp3) is 0.417. The fourth-order valence-corrected chi connectivity index (χ4v) is 4.30. The Labute approximate surface area is 183 Å². The molecule has 1 aliphatic heterocycles. The second-order valence-electron chi connectivity index (χ2n) is 8.75. The van der Waals surface area contributed by atoms with Crippen LogP contribution in [0, 0.1) is 11.8 Å². The van der Waals surface area contributed by atoms with Crippen LogP contribution >= 0.6 is 0 Å². The maximum Gasteiger partial charge on any atom is 0.323 e. The van der Waals surface area contributed by atoms with Crippen molar-refractivity contribution in [2.75, 3.05) is 28.6 Å². The van der Waals surface area contributed by atoms with Crippen LogP contribution in [0.4, 0.5) is 21.9 Å². The average Bonchev–Trinajstić information content (AvgIpc) is 2.68. The van der Waals surface area contributed by atoms with E-state index in [2.05, 4.69) is 29.4 Å². The third-order valence-corrected chi connectivity index (χ3v) is 5.65. The number of urea groups is 1. The predicted molar refractivity (Wildman–Crippen MR) is 123 cm³/mol. The maximum absolute atomic E-state index is 12.7. The Morgan fingerprint density at radius 3 is 2.32 bits per heavy atom. The number of nitrogens with zero attached hydrogens (tertiary/aromatic N) is 1. The summed E-state index contributed by atoms with van der Waals surface area (Å²) in [6, 6.07) is 11.7. The van der Waals surface area contributed by atoms with Crippen molar-refractivity contribution < 1.29 is 19.8 Å². The van der Waals surface area contributed by atoms with Gasteiger partial charge < -0.3 is 25.7 Å². The molecule has 2 aromatic carbocycles. The summed E-state index contributed by atoms with van der Waals surface area (Å²) in [6.45, 7) is 8.15. The Balaban J connectivity index is 1.86. The summed E-state index contributed by atoms with van der Waals surface area (Å²) in [6.07, 6.45) is 1.20. The molecule has 3 unspecified atom stereocenters. The molecule has 4 N–H and O–H groups in total. The Kier molecular flexibility index (Phi) is 7.05. The molecule has 0 radical (unpaired) electrons. The van der Waals surface area contributed by atoms with Gasteiger partial charge in [0.15, 0.2) is 0 Å². The van der Waals surface area contributed by atoms with Gasteiger partial charge in [0.05, 0.1) is 17.8 Å². The van der Waals surface area contributed by atoms with Gasteiger partial charge in [0.25, 0.3) is 0 Å². The van der Waals surface area contributed by atoms with Gasteiger partial charge in [-0.1, -0.05) is 26.8 Å². The molecule has 166 valence electrons. The number of carboxylic acid groups (broad SMARTS) is 1. The lowest BCUT2D eigenvalue weighted by atomic mass is 9.91. The minimum atomic E-state index is -0.852. The largest absolute Gasteiger partial charge is 0.508 e. The van der Waals surface area contributed by atoms with Gasteiger partial charge >= 0.3 is 12.0 Å². The third-order valence-electron chi connectivity index (χ3n) is 5.65. The van der Waals surface area contributed by atoms with Crippen LogP contribution < -0.4 is 15.5 Å². The maximum atomic E-state index is 12.7. The Bertz CT molecular complexity index is 919. The van der Waals surface area contributed by atoms with Gasteiger partial charge in [-0.3, -0.25) is 4.79 Å². The normalized spacial score (nSPS) is 19.5. The number of nitrogens with one attached hydrogen (secondary N) is 2. The number of carboxylic acids is 1. The van der Waals surface area contributed by atoms with E-state index in [9.17, 15) is 14.7 Å². The van der Waals surface area contributed by atoms with Crippen molar-refractivity contribution >= 4 is 29.1 Å². The molecule has 0 aromatic heterocycles. The zero-order valence-electron chi connectivity index (χ0n) is 18.3. The van der Waals surface area contributed by atoms with Gasteiger partial charge in [-0.25, -0.2) is 4.79 Å². The summed E-state index contributed by atoms with van der Waals surface area (Å²) >= 11 is 0. The van der Waals surface area contributed by atoms with Crippen LogP contribution in [0.15, 0.2) is 42.5 Å². The van der Waals surface area contributed by atoms with Crippen molar-refractivity contribution in [3.63, 3.8) is 0 Å². The van der Waals surface area contributed by atoms with Gasteiger partial charge in [-0.15, -0.1) is 0 Å². The van der Waals surface area contributed by atoms with E-state index in [1.807, 2.05) is 25.1 Å². The number of rotatable bonds is 6. The minimum absolute atomic E-state index is 0.0241. The Morgan fingerprint density at radius 2 is 1.71 bits per heavy atom. The summed E-state index contributed by atoms with van der Waals surface area (Å²) in [4.78, 5) is 26.1. The SMILES string of the molecule is CC1CC(C)CN(c2ccc(C(C)CC(=O)O)cc2NC(=O)Nc2ccc(O)cc2)C1. The number of aromatic hydroxyl groups is 1.